The van der Waals surface area contributed by atoms with E-state index in [1.54, 1.807) is 11.3 Å². The summed E-state index contributed by atoms with van der Waals surface area (Å²) in [4.78, 5) is 23.4. The number of nitrogens with zero attached hydrogens (tertiary/aromatic N) is 1. The summed E-state index contributed by atoms with van der Waals surface area (Å²) >= 11 is 3.22. The van der Waals surface area contributed by atoms with Crippen LogP contribution in [0.1, 0.15) is 29.2 Å². The smallest absolute Gasteiger partial charge is 0.260 e. The highest BCUT2D eigenvalue weighted by Crippen LogP contribution is 2.34. The molecule has 1 aromatic carbocycles. The number of aromatic nitrogens is 2. The van der Waals surface area contributed by atoms with Crippen LogP contribution in [0.5, 0.6) is 0 Å². The van der Waals surface area contributed by atoms with Crippen LogP contribution in [0, 0.1) is 6.92 Å². The summed E-state index contributed by atoms with van der Waals surface area (Å²) in [6.45, 7) is 4.70. The van der Waals surface area contributed by atoms with Crippen molar-refractivity contribution in [2.45, 2.75) is 26.4 Å². The van der Waals surface area contributed by atoms with Crippen molar-refractivity contribution in [1.29, 1.82) is 0 Å². The number of H-pyrrole nitrogens is 1. The van der Waals surface area contributed by atoms with Crippen LogP contribution in [0.4, 0.5) is 0 Å². The number of nitrogens with one attached hydrogen (secondary N) is 2. The van der Waals surface area contributed by atoms with Gasteiger partial charge in [-0.15, -0.1) is 22.7 Å². The van der Waals surface area contributed by atoms with Crippen molar-refractivity contribution in [3.8, 4) is 10.4 Å². The maximum atomic E-state index is 12.7. The van der Waals surface area contributed by atoms with Gasteiger partial charge in [-0.2, -0.15) is 0 Å². The third-order valence-corrected chi connectivity index (χ3v) is 6.28. The number of hydrogen-bond acceptors (Lipinski definition) is 5. The molecule has 4 rings (SSSR count). The van der Waals surface area contributed by atoms with Crippen molar-refractivity contribution >= 4 is 32.9 Å². The van der Waals surface area contributed by atoms with Crippen LogP contribution < -0.4 is 10.9 Å². The number of hydrogen-bond donors (Lipinski definition) is 2. The minimum atomic E-state index is -0.0681. The lowest BCUT2D eigenvalue weighted by Crippen LogP contribution is -2.22. The van der Waals surface area contributed by atoms with Crippen LogP contribution >= 0.6 is 22.7 Å². The van der Waals surface area contributed by atoms with Crippen LogP contribution in [0.25, 0.3) is 20.7 Å². The highest BCUT2D eigenvalue weighted by Gasteiger charge is 2.14. The van der Waals surface area contributed by atoms with Gasteiger partial charge in [0.15, 0.2) is 0 Å². The monoisotopic (exact) mass is 381 g/mol. The van der Waals surface area contributed by atoms with Gasteiger partial charge in [-0.3, -0.25) is 4.79 Å². The number of benzene rings is 1. The lowest BCUT2D eigenvalue weighted by molar-refractivity contribution is 0.559. The zero-order chi connectivity index (χ0) is 18.1. The van der Waals surface area contributed by atoms with Gasteiger partial charge in [0.1, 0.15) is 10.7 Å². The molecule has 3 heterocycles. The average molecular weight is 382 g/mol. The zero-order valence-electron chi connectivity index (χ0n) is 14.6. The van der Waals surface area contributed by atoms with E-state index in [9.17, 15) is 4.79 Å². The topological polar surface area (TPSA) is 57.8 Å². The average Bonchev–Trinajstić information content (AvgIpc) is 3.26. The second-order valence-electron chi connectivity index (χ2n) is 6.27. The molecule has 4 nitrogen and oxygen atoms in total. The quantitative estimate of drug-likeness (QED) is 0.518. The Balaban J connectivity index is 1.59. The van der Waals surface area contributed by atoms with Crippen molar-refractivity contribution < 1.29 is 0 Å². The number of aromatic amines is 1. The molecule has 0 fully saturated rings. The lowest BCUT2D eigenvalue weighted by Gasteiger charge is -2.13. The predicted octanol–water partition coefficient (Wildman–Crippen LogP) is 4.87. The Bertz CT molecular complexity index is 1100. The van der Waals surface area contributed by atoms with E-state index in [-0.39, 0.29) is 11.6 Å². The van der Waals surface area contributed by atoms with Crippen molar-refractivity contribution in [2.24, 2.45) is 0 Å². The molecule has 0 bridgehead atoms. The Morgan fingerprint density at radius 3 is 2.73 bits per heavy atom. The first-order chi connectivity index (χ1) is 12.6. The molecule has 0 amide bonds. The second-order valence-corrected chi connectivity index (χ2v) is 8.41. The van der Waals surface area contributed by atoms with Gasteiger partial charge in [0.2, 0.25) is 0 Å². The summed E-state index contributed by atoms with van der Waals surface area (Å²) in [5.41, 5.74) is 2.12. The van der Waals surface area contributed by atoms with Crippen molar-refractivity contribution in [1.82, 2.24) is 15.3 Å². The molecule has 0 aliphatic rings. The minimum Gasteiger partial charge on any atom is -0.309 e. The van der Waals surface area contributed by atoms with E-state index in [1.165, 1.54) is 21.8 Å². The summed E-state index contributed by atoms with van der Waals surface area (Å²) in [5.74, 6) is 0.668. The molecule has 6 heteroatoms. The van der Waals surface area contributed by atoms with Crippen molar-refractivity contribution in [3.63, 3.8) is 0 Å². The Hall–Kier alpha value is -2.28. The molecule has 0 radical (unpaired) electrons. The molecular formula is C20H19N3OS2. The highest BCUT2D eigenvalue weighted by atomic mass is 32.1. The number of rotatable bonds is 5. The summed E-state index contributed by atoms with van der Waals surface area (Å²) < 4.78 is 0. The number of aryl methyl sites for hydroxylation is 1. The van der Waals surface area contributed by atoms with E-state index in [2.05, 4.69) is 53.4 Å². The van der Waals surface area contributed by atoms with Gasteiger partial charge in [-0.05, 0) is 31.5 Å². The molecule has 0 unspecified atom stereocenters. The largest absolute Gasteiger partial charge is 0.309 e. The Morgan fingerprint density at radius 2 is 2.00 bits per heavy atom. The van der Waals surface area contributed by atoms with E-state index in [4.69, 9.17) is 0 Å². The fourth-order valence-electron chi connectivity index (χ4n) is 2.95. The first-order valence-corrected chi connectivity index (χ1v) is 10.2. The normalized spacial score (nSPS) is 12.5. The van der Waals surface area contributed by atoms with E-state index in [0.29, 0.717) is 17.8 Å². The summed E-state index contributed by atoms with van der Waals surface area (Å²) in [6.07, 6.45) is 0. The zero-order valence-corrected chi connectivity index (χ0v) is 16.2. The Morgan fingerprint density at radius 1 is 1.19 bits per heavy atom. The molecule has 0 aliphatic heterocycles. The molecule has 2 N–H and O–H groups in total. The third kappa shape index (κ3) is 3.35. The molecule has 0 saturated heterocycles. The highest BCUT2D eigenvalue weighted by molar-refractivity contribution is 7.19. The summed E-state index contributed by atoms with van der Waals surface area (Å²) in [7, 11) is 0. The van der Waals surface area contributed by atoms with E-state index in [0.717, 1.165) is 15.3 Å². The fourth-order valence-corrected chi connectivity index (χ4v) is 4.87. The molecular weight excluding hydrogens is 362 g/mol. The van der Waals surface area contributed by atoms with Gasteiger partial charge in [0.25, 0.3) is 5.56 Å². The third-order valence-electron chi connectivity index (χ3n) is 4.37. The molecule has 0 aliphatic carbocycles. The first-order valence-electron chi connectivity index (χ1n) is 8.47. The molecule has 4 aromatic rings. The van der Waals surface area contributed by atoms with E-state index < -0.39 is 0 Å². The number of thiophene rings is 2. The van der Waals surface area contributed by atoms with Gasteiger partial charge < -0.3 is 10.3 Å². The Labute approximate surface area is 159 Å². The SMILES string of the molecule is Cc1ccc(-c2csc3nc(CN[C@H](C)c4ccccc4)[nH]c(=O)c23)s1. The standard InChI is InChI=1S/C20H19N3OS2/c1-12-8-9-16(26-12)15-11-25-20-18(15)19(24)22-17(23-20)10-21-13(2)14-6-4-3-5-7-14/h3-9,11,13,21H,10H2,1-2H3,(H,22,23,24)/t13-/m1/s1. The molecule has 3 aromatic heterocycles. The summed E-state index contributed by atoms with van der Waals surface area (Å²) in [5, 5.41) is 6.14. The van der Waals surface area contributed by atoms with Crippen LogP contribution in [0.2, 0.25) is 0 Å². The Kier molecular flexibility index (Phi) is 4.72. The predicted molar refractivity (Wildman–Crippen MR) is 110 cm³/mol. The van der Waals surface area contributed by atoms with Gasteiger partial charge >= 0.3 is 0 Å². The molecule has 0 saturated carbocycles. The minimum absolute atomic E-state index is 0.0681. The molecule has 132 valence electrons. The van der Waals surface area contributed by atoms with Crippen molar-refractivity contribution in [3.05, 3.63) is 74.5 Å². The second kappa shape index (κ2) is 7.15. The maximum Gasteiger partial charge on any atom is 0.260 e. The van der Waals surface area contributed by atoms with E-state index >= 15 is 0 Å². The number of fused-ring (bicyclic) bond motifs is 1. The fraction of sp³-hybridized carbons (Fsp3) is 0.200. The van der Waals surface area contributed by atoms with Crippen LogP contribution in [-0.2, 0) is 6.54 Å². The van der Waals surface area contributed by atoms with Gasteiger partial charge in [-0.1, -0.05) is 30.3 Å². The molecule has 0 spiro atoms. The maximum absolute atomic E-state index is 12.7. The van der Waals surface area contributed by atoms with Gasteiger partial charge in [0, 0.05) is 26.7 Å². The summed E-state index contributed by atoms with van der Waals surface area (Å²) in [6, 6.07) is 14.6. The van der Waals surface area contributed by atoms with Crippen LogP contribution in [0.3, 0.4) is 0 Å². The lowest BCUT2D eigenvalue weighted by atomic mass is 10.1. The van der Waals surface area contributed by atoms with Crippen LogP contribution in [-0.4, -0.2) is 9.97 Å². The van der Waals surface area contributed by atoms with E-state index in [1.807, 2.05) is 23.6 Å². The molecule has 26 heavy (non-hydrogen) atoms. The van der Waals surface area contributed by atoms with Gasteiger partial charge in [0.05, 0.1) is 11.9 Å². The van der Waals surface area contributed by atoms with Crippen LogP contribution in [0.15, 0.2) is 52.6 Å². The first kappa shape index (κ1) is 17.1. The van der Waals surface area contributed by atoms with Gasteiger partial charge in [-0.25, -0.2) is 4.98 Å². The molecule has 1 atom stereocenters. The van der Waals surface area contributed by atoms with Crippen molar-refractivity contribution in [2.75, 3.05) is 0 Å².